The van der Waals surface area contributed by atoms with Crippen LogP contribution in [0, 0.1) is 6.92 Å². The maximum absolute atomic E-state index is 12.1. The number of thiazole rings is 1. The largest absolute Gasteiger partial charge is 0.339 e. The molecule has 0 aliphatic carbocycles. The van der Waals surface area contributed by atoms with Crippen molar-refractivity contribution in [1.29, 1.82) is 0 Å². The minimum Gasteiger partial charge on any atom is -0.339 e. The Labute approximate surface area is 163 Å². The van der Waals surface area contributed by atoms with Crippen LogP contribution in [0.2, 0.25) is 0 Å². The van der Waals surface area contributed by atoms with Gasteiger partial charge in [0.1, 0.15) is 0 Å². The first-order valence-electron chi connectivity index (χ1n) is 9.12. The Kier molecular flexibility index (Phi) is 6.34. The molecule has 27 heavy (non-hydrogen) atoms. The molecule has 0 atom stereocenters. The van der Waals surface area contributed by atoms with Crippen LogP contribution in [0.25, 0.3) is 0 Å². The van der Waals surface area contributed by atoms with Crippen LogP contribution in [-0.2, 0) is 17.6 Å². The predicted molar refractivity (Wildman–Crippen MR) is 106 cm³/mol. The van der Waals surface area contributed by atoms with Crippen molar-refractivity contribution in [1.82, 2.24) is 15.1 Å². The Morgan fingerprint density at radius 3 is 2.93 bits per heavy atom. The van der Waals surface area contributed by atoms with Crippen molar-refractivity contribution in [3.63, 3.8) is 0 Å². The zero-order chi connectivity index (χ0) is 19.2. The SMILES string of the molecule is Cc1cccc(Cc2cnc(NC(=O)CCCc3nc(C(C)C)no3)s2)c1. The zero-order valence-corrected chi connectivity index (χ0v) is 16.7. The summed E-state index contributed by atoms with van der Waals surface area (Å²) in [5.41, 5.74) is 2.49. The quantitative estimate of drug-likeness (QED) is 0.618. The van der Waals surface area contributed by atoms with Gasteiger partial charge in [0.25, 0.3) is 0 Å². The van der Waals surface area contributed by atoms with Crippen LogP contribution < -0.4 is 5.32 Å². The summed E-state index contributed by atoms with van der Waals surface area (Å²) in [7, 11) is 0. The summed E-state index contributed by atoms with van der Waals surface area (Å²) >= 11 is 1.51. The molecule has 0 saturated heterocycles. The second kappa shape index (κ2) is 8.90. The van der Waals surface area contributed by atoms with Gasteiger partial charge in [0.2, 0.25) is 11.8 Å². The second-order valence-corrected chi connectivity index (χ2v) is 8.02. The first kappa shape index (κ1) is 19.2. The van der Waals surface area contributed by atoms with Gasteiger partial charge in [-0.3, -0.25) is 4.79 Å². The number of rotatable bonds is 8. The molecule has 3 aromatic rings. The number of hydrogen-bond donors (Lipinski definition) is 1. The molecule has 6 nitrogen and oxygen atoms in total. The van der Waals surface area contributed by atoms with Crippen LogP contribution in [0.4, 0.5) is 5.13 Å². The van der Waals surface area contributed by atoms with Crippen molar-refractivity contribution < 1.29 is 9.32 Å². The van der Waals surface area contributed by atoms with Crippen LogP contribution in [-0.4, -0.2) is 21.0 Å². The average molecular weight is 385 g/mol. The van der Waals surface area contributed by atoms with Crippen LogP contribution >= 0.6 is 11.3 Å². The molecule has 0 aliphatic heterocycles. The number of anilines is 1. The van der Waals surface area contributed by atoms with Crippen LogP contribution in [0.15, 0.2) is 35.0 Å². The van der Waals surface area contributed by atoms with Crippen molar-refractivity contribution in [2.24, 2.45) is 0 Å². The number of amides is 1. The van der Waals surface area contributed by atoms with Crippen molar-refractivity contribution in [2.75, 3.05) is 5.32 Å². The van der Waals surface area contributed by atoms with E-state index in [0.29, 0.717) is 36.1 Å². The van der Waals surface area contributed by atoms with E-state index >= 15 is 0 Å². The van der Waals surface area contributed by atoms with Gasteiger partial charge < -0.3 is 9.84 Å². The number of aromatic nitrogens is 3. The Morgan fingerprint density at radius 1 is 1.33 bits per heavy atom. The Bertz CT molecular complexity index is 901. The molecule has 7 heteroatoms. The molecule has 0 radical (unpaired) electrons. The van der Waals surface area contributed by atoms with Crippen molar-refractivity contribution >= 4 is 22.4 Å². The van der Waals surface area contributed by atoms with Crippen molar-refractivity contribution in [3.05, 3.63) is 58.2 Å². The maximum Gasteiger partial charge on any atom is 0.226 e. The molecule has 1 amide bonds. The third-order valence-electron chi connectivity index (χ3n) is 4.06. The highest BCUT2D eigenvalue weighted by Gasteiger charge is 2.11. The maximum atomic E-state index is 12.1. The van der Waals surface area contributed by atoms with E-state index in [2.05, 4.69) is 51.6 Å². The normalized spacial score (nSPS) is 11.1. The van der Waals surface area contributed by atoms with E-state index in [1.54, 1.807) is 0 Å². The first-order chi connectivity index (χ1) is 13.0. The van der Waals surface area contributed by atoms with Gasteiger partial charge in [-0.05, 0) is 18.9 Å². The molecule has 0 aliphatic rings. The van der Waals surface area contributed by atoms with E-state index in [0.717, 1.165) is 11.3 Å². The number of hydrogen-bond acceptors (Lipinski definition) is 6. The number of nitrogens with zero attached hydrogens (tertiary/aromatic N) is 3. The molecule has 0 saturated carbocycles. The molecule has 3 rings (SSSR count). The van der Waals surface area contributed by atoms with Gasteiger partial charge in [-0.2, -0.15) is 4.98 Å². The van der Waals surface area contributed by atoms with Gasteiger partial charge in [0.15, 0.2) is 11.0 Å². The Morgan fingerprint density at radius 2 is 2.19 bits per heavy atom. The topological polar surface area (TPSA) is 80.9 Å². The van der Waals surface area contributed by atoms with Gasteiger partial charge in [-0.15, -0.1) is 11.3 Å². The lowest BCUT2D eigenvalue weighted by Gasteiger charge is -2.01. The predicted octanol–water partition coefficient (Wildman–Crippen LogP) is 4.51. The number of aryl methyl sites for hydroxylation is 2. The van der Waals surface area contributed by atoms with Gasteiger partial charge >= 0.3 is 0 Å². The highest BCUT2D eigenvalue weighted by molar-refractivity contribution is 7.15. The third kappa shape index (κ3) is 5.72. The molecule has 1 N–H and O–H groups in total. The summed E-state index contributed by atoms with van der Waals surface area (Å²) in [6.45, 7) is 6.12. The van der Waals surface area contributed by atoms with Crippen LogP contribution in [0.3, 0.4) is 0 Å². The molecule has 1 aromatic carbocycles. The second-order valence-electron chi connectivity index (χ2n) is 6.90. The molecule has 0 unspecified atom stereocenters. The fraction of sp³-hybridized carbons (Fsp3) is 0.400. The van der Waals surface area contributed by atoms with E-state index in [9.17, 15) is 4.79 Å². The van der Waals surface area contributed by atoms with Crippen molar-refractivity contribution in [2.45, 2.75) is 52.4 Å². The fourth-order valence-electron chi connectivity index (χ4n) is 2.66. The summed E-state index contributed by atoms with van der Waals surface area (Å²) in [5.74, 6) is 1.49. The molecule has 2 aromatic heterocycles. The Hall–Kier alpha value is -2.54. The summed E-state index contributed by atoms with van der Waals surface area (Å²) in [4.78, 5) is 21.9. The number of carbonyl (C=O) groups excluding carboxylic acids is 1. The van der Waals surface area contributed by atoms with E-state index in [1.807, 2.05) is 20.0 Å². The number of nitrogens with one attached hydrogen (secondary N) is 1. The molecule has 0 fully saturated rings. The highest BCUT2D eigenvalue weighted by atomic mass is 32.1. The van der Waals surface area contributed by atoms with Gasteiger partial charge in [-0.25, -0.2) is 4.98 Å². The van der Waals surface area contributed by atoms with Crippen LogP contribution in [0.5, 0.6) is 0 Å². The molecule has 2 heterocycles. The monoisotopic (exact) mass is 384 g/mol. The lowest BCUT2D eigenvalue weighted by Crippen LogP contribution is -2.11. The van der Waals surface area contributed by atoms with E-state index in [-0.39, 0.29) is 11.8 Å². The lowest BCUT2D eigenvalue weighted by atomic mass is 10.1. The summed E-state index contributed by atoms with van der Waals surface area (Å²) < 4.78 is 5.19. The highest BCUT2D eigenvalue weighted by Crippen LogP contribution is 2.22. The van der Waals surface area contributed by atoms with E-state index in [4.69, 9.17) is 4.52 Å². The van der Waals surface area contributed by atoms with E-state index in [1.165, 1.54) is 22.5 Å². The van der Waals surface area contributed by atoms with Crippen LogP contribution in [0.1, 0.15) is 60.3 Å². The smallest absolute Gasteiger partial charge is 0.226 e. The Balaban J connectivity index is 1.44. The third-order valence-corrected chi connectivity index (χ3v) is 4.97. The van der Waals surface area contributed by atoms with Gasteiger partial charge in [0.05, 0.1) is 0 Å². The van der Waals surface area contributed by atoms with E-state index < -0.39 is 0 Å². The zero-order valence-electron chi connectivity index (χ0n) is 15.9. The molecular formula is C20H24N4O2S. The fourth-order valence-corrected chi connectivity index (χ4v) is 3.52. The minimum atomic E-state index is -0.0462. The average Bonchev–Trinajstić information content (AvgIpc) is 3.25. The molecule has 0 spiro atoms. The number of benzene rings is 1. The molecule has 0 bridgehead atoms. The minimum absolute atomic E-state index is 0.0462. The van der Waals surface area contributed by atoms with Crippen molar-refractivity contribution in [3.8, 4) is 0 Å². The van der Waals surface area contributed by atoms with Gasteiger partial charge in [0, 0.05) is 36.3 Å². The number of carbonyl (C=O) groups is 1. The summed E-state index contributed by atoms with van der Waals surface area (Å²) in [6, 6.07) is 8.41. The first-order valence-corrected chi connectivity index (χ1v) is 9.94. The lowest BCUT2D eigenvalue weighted by molar-refractivity contribution is -0.116. The van der Waals surface area contributed by atoms with Gasteiger partial charge in [-0.1, -0.05) is 48.8 Å². The summed E-state index contributed by atoms with van der Waals surface area (Å²) in [6.07, 6.45) is 4.31. The molecular weight excluding hydrogens is 360 g/mol. The summed E-state index contributed by atoms with van der Waals surface area (Å²) in [5, 5.41) is 7.44. The standard InChI is InChI=1S/C20H24N4O2S/c1-13(2)19-23-18(26-24-19)9-5-8-17(25)22-20-21-12-16(27-20)11-15-7-4-6-14(3)10-15/h4,6-7,10,12-13H,5,8-9,11H2,1-3H3,(H,21,22,25). The molecule has 142 valence electrons.